The first-order valence-electron chi connectivity index (χ1n) is 4.42. The van der Waals surface area contributed by atoms with Crippen LogP contribution in [0.25, 0.3) is 10.6 Å². The van der Waals surface area contributed by atoms with Crippen molar-refractivity contribution < 1.29 is 5.11 Å². The van der Waals surface area contributed by atoms with Crippen molar-refractivity contribution in [2.24, 2.45) is 0 Å². The van der Waals surface area contributed by atoms with Gasteiger partial charge in [0.1, 0.15) is 5.01 Å². The summed E-state index contributed by atoms with van der Waals surface area (Å²) in [7, 11) is 0. The second-order valence-electron chi connectivity index (χ2n) is 3.17. The number of rotatable bonds is 2. The molecule has 0 aliphatic rings. The average molecular weight is 205 g/mol. The van der Waals surface area contributed by atoms with E-state index in [1.54, 1.807) is 11.3 Å². The zero-order valence-electron chi connectivity index (χ0n) is 7.90. The molecule has 0 saturated carbocycles. The number of aliphatic hydroxyl groups excluding tert-OH is 1. The zero-order valence-corrected chi connectivity index (χ0v) is 8.71. The lowest BCUT2D eigenvalue weighted by molar-refractivity contribution is 0.278. The number of benzene rings is 1. The molecule has 0 radical (unpaired) electrons. The molecule has 1 heterocycles. The van der Waals surface area contributed by atoms with Gasteiger partial charge in [0.25, 0.3) is 0 Å². The van der Waals surface area contributed by atoms with Crippen LogP contribution in [-0.2, 0) is 6.61 Å². The minimum atomic E-state index is 0.0162. The maximum absolute atomic E-state index is 8.90. The average Bonchev–Trinajstić information content (AvgIpc) is 2.66. The van der Waals surface area contributed by atoms with Gasteiger partial charge in [-0.2, -0.15) is 0 Å². The van der Waals surface area contributed by atoms with E-state index in [0.29, 0.717) is 0 Å². The van der Waals surface area contributed by atoms with E-state index >= 15 is 0 Å². The van der Waals surface area contributed by atoms with E-state index in [1.165, 1.54) is 5.56 Å². The molecule has 1 N–H and O–H groups in total. The molecular formula is C11H11NOS. The number of hydrogen-bond donors (Lipinski definition) is 1. The number of hydrogen-bond acceptors (Lipinski definition) is 3. The first-order chi connectivity index (χ1) is 6.79. The fourth-order valence-electron chi connectivity index (χ4n) is 1.29. The fourth-order valence-corrected chi connectivity index (χ4v) is 2.10. The van der Waals surface area contributed by atoms with Gasteiger partial charge in [0.2, 0.25) is 0 Å². The van der Waals surface area contributed by atoms with E-state index in [2.05, 4.69) is 24.0 Å². The number of thiazole rings is 1. The van der Waals surface area contributed by atoms with Crippen LogP contribution < -0.4 is 0 Å². The monoisotopic (exact) mass is 205 g/mol. The maximum Gasteiger partial charge on any atom is 0.123 e. The van der Waals surface area contributed by atoms with Crippen LogP contribution in [0.4, 0.5) is 0 Å². The number of aryl methyl sites for hydroxylation is 1. The molecule has 0 spiro atoms. The van der Waals surface area contributed by atoms with Crippen LogP contribution in [0.2, 0.25) is 0 Å². The molecule has 1 aromatic heterocycles. The van der Waals surface area contributed by atoms with Gasteiger partial charge in [-0.05, 0) is 13.0 Å². The molecule has 2 aromatic rings. The van der Waals surface area contributed by atoms with Crippen molar-refractivity contribution in [1.29, 1.82) is 0 Å². The summed E-state index contributed by atoms with van der Waals surface area (Å²) in [5, 5.41) is 11.8. The van der Waals surface area contributed by atoms with Crippen molar-refractivity contribution in [2.75, 3.05) is 0 Å². The van der Waals surface area contributed by atoms with Gasteiger partial charge in [-0.1, -0.05) is 23.8 Å². The molecule has 0 fully saturated rings. The van der Waals surface area contributed by atoms with Crippen molar-refractivity contribution in [3.05, 3.63) is 40.9 Å². The Morgan fingerprint density at radius 2 is 2.29 bits per heavy atom. The second-order valence-corrected chi connectivity index (χ2v) is 4.03. The first kappa shape index (κ1) is 9.37. The maximum atomic E-state index is 8.90. The molecule has 0 bridgehead atoms. The van der Waals surface area contributed by atoms with E-state index in [0.717, 1.165) is 16.3 Å². The molecular weight excluding hydrogens is 194 g/mol. The molecule has 1 aromatic carbocycles. The molecule has 2 rings (SSSR count). The minimum absolute atomic E-state index is 0.0162. The summed E-state index contributed by atoms with van der Waals surface area (Å²) < 4.78 is 0. The summed E-state index contributed by atoms with van der Waals surface area (Å²) in [4.78, 5) is 4.31. The third kappa shape index (κ3) is 1.84. The normalized spacial score (nSPS) is 10.4. The predicted molar refractivity (Wildman–Crippen MR) is 58.2 cm³/mol. The first-order valence-corrected chi connectivity index (χ1v) is 5.30. The Hall–Kier alpha value is -1.19. The zero-order chi connectivity index (χ0) is 9.97. The molecule has 0 amide bonds. The number of aromatic nitrogens is 1. The SMILES string of the molecule is Cc1cccc(-c2nc(CO)cs2)c1. The molecule has 2 nitrogen and oxygen atoms in total. The van der Waals surface area contributed by atoms with Crippen LogP contribution in [0.1, 0.15) is 11.3 Å². The summed E-state index contributed by atoms with van der Waals surface area (Å²) in [5.41, 5.74) is 3.09. The standard InChI is InChI=1S/C11H11NOS/c1-8-3-2-4-9(5-8)11-12-10(6-13)7-14-11/h2-5,7,13H,6H2,1H3. The molecule has 3 heteroatoms. The summed E-state index contributed by atoms with van der Waals surface area (Å²) >= 11 is 1.56. The lowest BCUT2D eigenvalue weighted by Gasteiger charge is -1.96. The van der Waals surface area contributed by atoms with Crippen molar-refractivity contribution in [2.45, 2.75) is 13.5 Å². The van der Waals surface area contributed by atoms with Crippen molar-refractivity contribution in [1.82, 2.24) is 4.98 Å². The van der Waals surface area contributed by atoms with Crippen molar-refractivity contribution in [3.63, 3.8) is 0 Å². The summed E-state index contributed by atoms with van der Waals surface area (Å²) in [5.74, 6) is 0. The Labute approximate surface area is 86.9 Å². The van der Waals surface area contributed by atoms with Gasteiger partial charge in [0, 0.05) is 10.9 Å². The lowest BCUT2D eigenvalue weighted by atomic mass is 10.1. The van der Waals surface area contributed by atoms with E-state index in [-0.39, 0.29) is 6.61 Å². The van der Waals surface area contributed by atoms with Gasteiger partial charge in [-0.3, -0.25) is 0 Å². The smallest absolute Gasteiger partial charge is 0.123 e. The van der Waals surface area contributed by atoms with Crippen LogP contribution >= 0.6 is 11.3 Å². The highest BCUT2D eigenvalue weighted by Crippen LogP contribution is 2.24. The van der Waals surface area contributed by atoms with E-state index in [9.17, 15) is 0 Å². The molecule has 0 aliphatic carbocycles. The van der Waals surface area contributed by atoms with Crippen LogP contribution in [0.5, 0.6) is 0 Å². The van der Waals surface area contributed by atoms with Gasteiger partial charge >= 0.3 is 0 Å². The largest absolute Gasteiger partial charge is 0.390 e. The van der Waals surface area contributed by atoms with Crippen molar-refractivity contribution in [3.8, 4) is 10.6 Å². The summed E-state index contributed by atoms with van der Waals surface area (Å²) in [6, 6.07) is 8.21. The van der Waals surface area contributed by atoms with Gasteiger partial charge in [-0.15, -0.1) is 11.3 Å². The lowest BCUT2D eigenvalue weighted by Crippen LogP contribution is -1.83. The molecule has 0 aliphatic heterocycles. The van der Waals surface area contributed by atoms with E-state index in [4.69, 9.17) is 5.11 Å². The van der Waals surface area contributed by atoms with Gasteiger partial charge < -0.3 is 5.11 Å². The predicted octanol–water partition coefficient (Wildman–Crippen LogP) is 2.61. The highest BCUT2D eigenvalue weighted by Gasteiger charge is 2.03. The Bertz CT molecular complexity index is 436. The molecule has 0 unspecified atom stereocenters. The summed E-state index contributed by atoms with van der Waals surface area (Å²) in [6.07, 6.45) is 0. The second kappa shape index (κ2) is 3.90. The number of nitrogens with zero attached hydrogens (tertiary/aromatic N) is 1. The van der Waals surface area contributed by atoms with Crippen LogP contribution in [0.15, 0.2) is 29.6 Å². The topological polar surface area (TPSA) is 33.1 Å². The Morgan fingerprint density at radius 1 is 1.43 bits per heavy atom. The molecule has 0 saturated heterocycles. The van der Waals surface area contributed by atoms with Crippen molar-refractivity contribution >= 4 is 11.3 Å². The Balaban J connectivity index is 2.39. The minimum Gasteiger partial charge on any atom is -0.390 e. The highest BCUT2D eigenvalue weighted by molar-refractivity contribution is 7.13. The van der Waals surface area contributed by atoms with E-state index in [1.807, 2.05) is 17.5 Å². The van der Waals surface area contributed by atoms with Gasteiger partial charge in [0.15, 0.2) is 0 Å². The third-order valence-electron chi connectivity index (χ3n) is 1.98. The van der Waals surface area contributed by atoms with Crippen LogP contribution in [-0.4, -0.2) is 10.1 Å². The molecule has 72 valence electrons. The number of aliphatic hydroxyl groups is 1. The van der Waals surface area contributed by atoms with E-state index < -0.39 is 0 Å². The van der Waals surface area contributed by atoms with Gasteiger partial charge in [-0.25, -0.2) is 4.98 Å². The Morgan fingerprint density at radius 3 is 2.93 bits per heavy atom. The van der Waals surface area contributed by atoms with Gasteiger partial charge in [0.05, 0.1) is 12.3 Å². The fraction of sp³-hybridized carbons (Fsp3) is 0.182. The Kier molecular flexibility index (Phi) is 2.61. The third-order valence-corrected chi connectivity index (χ3v) is 2.92. The molecule has 0 atom stereocenters. The van der Waals surface area contributed by atoms with Crippen LogP contribution in [0, 0.1) is 6.92 Å². The van der Waals surface area contributed by atoms with Crippen LogP contribution in [0.3, 0.4) is 0 Å². The summed E-state index contributed by atoms with van der Waals surface area (Å²) in [6.45, 7) is 2.08. The molecule has 14 heavy (non-hydrogen) atoms. The highest BCUT2D eigenvalue weighted by atomic mass is 32.1. The quantitative estimate of drug-likeness (QED) is 0.817.